The van der Waals surface area contributed by atoms with Crippen molar-refractivity contribution >= 4 is 19.4 Å². The summed E-state index contributed by atoms with van der Waals surface area (Å²) in [6.45, 7) is 24.0. The minimum Gasteiger partial charge on any atom is -0.488 e. The van der Waals surface area contributed by atoms with Gasteiger partial charge in [-0.2, -0.15) is 0 Å². The van der Waals surface area contributed by atoms with Gasteiger partial charge in [0, 0.05) is 17.7 Å². The molecular weight excluding hydrogens is 438 g/mol. The summed E-state index contributed by atoms with van der Waals surface area (Å²) >= 11 is 0. The second-order valence-corrected chi connectivity index (χ2v) is 12.9. The quantitative estimate of drug-likeness (QED) is 0.458. The first-order chi connectivity index (χ1) is 14.8. The molecule has 182 valence electrons. The Morgan fingerprint density at radius 1 is 0.676 bits per heavy atom. The summed E-state index contributed by atoms with van der Waals surface area (Å²) in [5.41, 5.74) is 2.72. The summed E-state index contributed by atoms with van der Waals surface area (Å²) in [7, 11) is -0.145. The van der Waals surface area contributed by atoms with Crippen LogP contribution in [0.1, 0.15) is 89.4 Å². The summed E-state index contributed by atoms with van der Waals surface area (Å²) in [5.74, 6) is 1.90. The van der Waals surface area contributed by atoms with E-state index in [0.29, 0.717) is 17.2 Å². The Labute approximate surface area is 220 Å². The van der Waals surface area contributed by atoms with Gasteiger partial charge in [-0.05, 0) is 103 Å². The first-order valence-corrected chi connectivity index (χ1v) is 12.5. The number of benzene rings is 2. The number of ether oxygens (including phenoxy) is 3. The second-order valence-electron chi connectivity index (χ2n) is 11.7. The normalized spacial score (nSPS) is 12.5. The Morgan fingerprint density at radius 2 is 1.06 bits per heavy atom. The van der Waals surface area contributed by atoms with E-state index < -0.39 is 11.2 Å². The van der Waals surface area contributed by atoms with Gasteiger partial charge in [-0.25, -0.2) is 0 Å². The number of hydrogen-bond acceptors (Lipinski definition) is 4. The van der Waals surface area contributed by atoms with Gasteiger partial charge < -0.3 is 14.2 Å². The van der Waals surface area contributed by atoms with E-state index in [9.17, 15) is 4.79 Å². The van der Waals surface area contributed by atoms with Crippen LogP contribution < -0.4 is 38.4 Å². The molecule has 0 amide bonds. The van der Waals surface area contributed by atoms with Crippen LogP contribution in [0.15, 0.2) is 24.3 Å². The Bertz CT molecular complexity index is 964. The summed E-state index contributed by atoms with van der Waals surface area (Å²) in [4.78, 5) is 13.6. The minimum atomic E-state index is -0.447. The van der Waals surface area contributed by atoms with E-state index in [1.165, 1.54) is 0 Å². The van der Waals surface area contributed by atoms with Crippen LogP contribution >= 0.6 is 8.58 Å². The first-order valence-electron chi connectivity index (χ1n) is 11.5. The Hall–Kier alpha value is -1.46. The Kier molecular flexibility index (Phi) is 9.95. The maximum atomic E-state index is 13.6. The number of hydrogen-bond donors (Lipinski definition) is 0. The maximum Gasteiger partial charge on any atom is 1.00 e. The van der Waals surface area contributed by atoms with Gasteiger partial charge in [-0.3, -0.25) is 4.79 Å². The molecule has 0 bridgehead atoms. The average Bonchev–Trinajstić information content (AvgIpc) is 2.52. The predicted octanol–water partition coefficient (Wildman–Crippen LogP) is 4.29. The fourth-order valence-corrected chi connectivity index (χ4v) is 4.88. The van der Waals surface area contributed by atoms with E-state index in [1.807, 2.05) is 88.3 Å². The molecule has 0 saturated carbocycles. The third kappa shape index (κ3) is 9.30. The molecule has 0 aromatic heterocycles. The molecule has 0 saturated heterocycles. The van der Waals surface area contributed by atoms with Crippen LogP contribution in [0.2, 0.25) is 0 Å². The number of carbonyl (C=O) groups is 1. The Morgan fingerprint density at radius 3 is 1.41 bits per heavy atom. The van der Waals surface area contributed by atoms with Crippen LogP contribution in [-0.4, -0.2) is 22.3 Å². The molecule has 0 aliphatic rings. The van der Waals surface area contributed by atoms with E-state index in [4.69, 9.17) is 14.2 Å². The zero-order valence-electron chi connectivity index (χ0n) is 23.4. The van der Waals surface area contributed by atoms with Gasteiger partial charge in [-0.15, -0.1) is 0 Å². The third-order valence-corrected chi connectivity index (χ3v) is 5.66. The molecule has 1 unspecified atom stereocenters. The van der Waals surface area contributed by atoms with Crippen molar-refractivity contribution in [2.75, 3.05) is 0 Å². The predicted molar refractivity (Wildman–Crippen MR) is 141 cm³/mol. The van der Waals surface area contributed by atoms with Crippen molar-refractivity contribution in [2.24, 2.45) is 0 Å². The summed E-state index contributed by atoms with van der Waals surface area (Å²) in [5, 5.41) is 0.769. The largest absolute Gasteiger partial charge is 1.00 e. The molecule has 34 heavy (non-hydrogen) atoms. The molecule has 0 aliphatic carbocycles. The van der Waals surface area contributed by atoms with Gasteiger partial charge in [0.1, 0.15) is 34.1 Å². The molecule has 2 aromatic rings. The van der Waals surface area contributed by atoms with Crippen molar-refractivity contribution in [2.45, 2.75) is 99.9 Å². The molecule has 0 heterocycles. The standard InChI is InChI=1S/C28H41O4P.Li/c1-17-13-18(2)23(19(3)14-17)25(29)33-24-21(31-27(7,8)9)15-20(30-26(4,5)6)16-22(24)32-28(10,11)12;/h13-16,33H,1-12H3;/q;+1. The maximum absolute atomic E-state index is 13.6. The molecule has 2 aromatic carbocycles. The van der Waals surface area contributed by atoms with Crippen LogP contribution in [0.5, 0.6) is 17.2 Å². The second kappa shape index (κ2) is 11.1. The van der Waals surface area contributed by atoms with Crippen LogP contribution in [0.3, 0.4) is 0 Å². The molecule has 6 heteroatoms. The Balaban J connectivity index is 0.00000578. The van der Waals surface area contributed by atoms with Crippen LogP contribution in [-0.2, 0) is 0 Å². The van der Waals surface area contributed by atoms with Crippen molar-refractivity contribution in [3.05, 3.63) is 46.5 Å². The summed E-state index contributed by atoms with van der Waals surface area (Å²) < 4.78 is 18.9. The molecular formula is C28H41LiO4P+. The zero-order valence-corrected chi connectivity index (χ0v) is 24.4. The fraction of sp³-hybridized carbons (Fsp3) is 0.536. The van der Waals surface area contributed by atoms with E-state index in [2.05, 4.69) is 19.1 Å². The van der Waals surface area contributed by atoms with Gasteiger partial charge in [0.2, 0.25) is 0 Å². The van der Waals surface area contributed by atoms with Crippen LogP contribution in [0, 0.1) is 20.8 Å². The van der Waals surface area contributed by atoms with Gasteiger partial charge >= 0.3 is 18.9 Å². The van der Waals surface area contributed by atoms with E-state index in [-0.39, 0.29) is 38.6 Å². The van der Waals surface area contributed by atoms with Gasteiger partial charge in [0.15, 0.2) is 5.52 Å². The molecule has 0 fully saturated rings. The molecule has 0 spiro atoms. The van der Waals surface area contributed by atoms with Crippen molar-refractivity contribution in [3.8, 4) is 17.2 Å². The van der Waals surface area contributed by atoms with Gasteiger partial charge in [0.05, 0.1) is 5.30 Å². The van der Waals surface area contributed by atoms with Crippen molar-refractivity contribution in [1.29, 1.82) is 0 Å². The van der Waals surface area contributed by atoms with Crippen molar-refractivity contribution in [1.82, 2.24) is 0 Å². The van der Waals surface area contributed by atoms with Crippen molar-refractivity contribution < 1.29 is 37.9 Å². The molecule has 0 radical (unpaired) electrons. The van der Waals surface area contributed by atoms with Gasteiger partial charge in [-0.1, -0.05) is 17.7 Å². The molecule has 0 aliphatic heterocycles. The third-order valence-electron chi connectivity index (χ3n) is 4.44. The summed E-state index contributed by atoms with van der Waals surface area (Å²) in [6.07, 6.45) is 0. The minimum absolute atomic E-state index is 0. The topological polar surface area (TPSA) is 44.8 Å². The molecule has 0 N–H and O–H groups in total. The molecule has 2 rings (SSSR count). The smallest absolute Gasteiger partial charge is 0.488 e. The first kappa shape index (κ1) is 30.6. The summed E-state index contributed by atoms with van der Waals surface area (Å²) in [6, 6.07) is 7.89. The monoisotopic (exact) mass is 479 g/mol. The number of carbonyl (C=O) groups excluding carboxylic acids is 1. The fourth-order valence-electron chi connectivity index (χ4n) is 3.64. The van der Waals surface area contributed by atoms with E-state index in [0.717, 1.165) is 27.6 Å². The zero-order chi connectivity index (χ0) is 25.4. The number of aryl methyl sites for hydroxylation is 3. The van der Waals surface area contributed by atoms with E-state index in [1.54, 1.807) is 0 Å². The molecule has 1 atom stereocenters. The van der Waals surface area contributed by atoms with Crippen LogP contribution in [0.4, 0.5) is 0 Å². The van der Waals surface area contributed by atoms with Crippen molar-refractivity contribution in [3.63, 3.8) is 0 Å². The SMILES string of the molecule is Cc1cc(C)c(C(=O)Pc2c(OC(C)(C)C)cc(OC(C)(C)C)cc2OC(C)(C)C)c(C)c1.[Li+]. The van der Waals surface area contributed by atoms with Crippen LogP contribution in [0.25, 0.3) is 0 Å². The number of rotatable bonds is 6. The van der Waals surface area contributed by atoms with Gasteiger partial charge in [0.25, 0.3) is 0 Å². The molecule has 4 nitrogen and oxygen atoms in total. The van der Waals surface area contributed by atoms with E-state index >= 15 is 0 Å². The average molecular weight is 480 g/mol.